The van der Waals surface area contributed by atoms with Crippen LogP contribution in [0.4, 0.5) is 15.9 Å². The molecule has 4 aromatic rings. The van der Waals surface area contributed by atoms with Crippen LogP contribution >= 0.6 is 0 Å². The van der Waals surface area contributed by atoms with Crippen molar-refractivity contribution in [1.29, 1.82) is 0 Å². The lowest BCUT2D eigenvalue weighted by atomic mass is 10.1. The van der Waals surface area contributed by atoms with E-state index < -0.39 is 0 Å². The topological polar surface area (TPSA) is 59.4 Å². The molecule has 1 heterocycles. The van der Waals surface area contributed by atoms with Crippen molar-refractivity contribution >= 4 is 28.1 Å². The SMILES string of the molecule is CC(=NOCc1ccc(F)cc1)c1cccc(Nc2ncnc3ccccc23)c1. The van der Waals surface area contributed by atoms with Gasteiger partial charge < -0.3 is 10.2 Å². The van der Waals surface area contributed by atoms with Crippen LogP contribution in [0.25, 0.3) is 10.9 Å². The summed E-state index contributed by atoms with van der Waals surface area (Å²) in [5, 5.41) is 8.48. The van der Waals surface area contributed by atoms with E-state index in [1.54, 1.807) is 18.5 Å². The number of hydrogen-bond acceptors (Lipinski definition) is 5. The zero-order chi connectivity index (χ0) is 20.1. The number of para-hydroxylation sites is 1. The number of halogens is 1. The van der Waals surface area contributed by atoms with Crippen molar-refractivity contribution in [3.8, 4) is 0 Å². The van der Waals surface area contributed by atoms with E-state index in [0.29, 0.717) is 0 Å². The van der Waals surface area contributed by atoms with Crippen LogP contribution in [0.1, 0.15) is 18.1 Å². The van der Waals surface area contributed by atoms with Crippen molar-refractivity contribution in [2.75, 3.05) is 5.32 Å². The second-order valence-electron chi connectivity index (χ2n) is 6.52. The Labute approximate surface area is 167 Å². The van der Waals surface area contributed by atoms with Crippen molar-refractivity contribution in [2.45, 2.75) is 13.5 Å². The van der Waals surface area contributed by atoms with E-state index in [1.165, 1.54) is 12.1 Å². The van der Waals surface area contributed by atoms with Gasteiger partial charge in [0.25, 0.3) is 0 Å². The zero-order valence-electron chi connectivity index (χ0n) is 15.8. The van der Waals surface area contributed by atoms with Gasteiger partial charge in [-0.2, -0.15) is 0 Å². The van der Waals surface area contributed by atoms with Gasteiger partial charge in [0.15, 0.2) is 0 Å². The Balaban J connectivity index is 1.48. The predicted molar refractivity (Wildman–Crippen MR) is 113 cm³/mol. The lowest BCUT2D eigenvalue weighted by molar-refractivity contribution is 0.130. The molecule has 0 saturated heterocycles. The van der Waals surface area contributed by atoms with Gasteiger partial charge >= 0.3 is 0 Å². The van der Waals surface area contributed by atoms with Gasteiger partial charge in [-0.05, 0) is 48.9 Å². The van der Waals surface area contributed by atoms with Gasteiger partial charge in [-0.1, -0.05) is 41.6 Å². The van der Waals surface area contributed by atoms with E-state index >= 15 is 0 Å². The molecular formula is C23H19FN4O. The average Bonchev–Trinajstić information content (AvgIpc) is 2.75. The number of nitrogens with one attached hydrogen (secondary N) is 1. The highest BCUT2D eigenvalue weighted by atomic mass is 19.1. The summed E-state index contributed by atoms with van der Waals surface area (Å²) in [6.07, 6.45) is 1.55. The molecule has 0 aliphatic heterocycles. The number of aromatic nitrogens is 2. The lowest BCUT2D eigenvalue weighted by Crippen LogP contribution is -2.00. The second-order valence-corrected chi connectivity index (χ2v) is 6.52. The number of hydrogen-bond donors (Lipinski definition) is 1. The molecule has 1 N–H and O–H groups in total. The highest BCUT2D eigenvalue weighted by molar-refractivity contribution is 5.99. The number of anilines is 2. The number of benzene rings is 3. The molecular weight excluding hydrogens is 367 g/mol. The zero-order valence-corrected chi connectivity index (χ0v) is 15.8. The van der Waals surface area contributed by atoms with Gasteiger partial charge in [-0.15, -0.1) is 0 Å². The first-order valence-corrected chi connectivity index (χ1v) is 9.17. The minimum Gasteiger partial charge on any atom is -0.391 e. The van der Waals surface area contributed by atoms with Gasteiger partial charge in [0, 0.05) is 16.6 Å². The van der Waals surface area contributed by atoms with Gasteiger partial charge in [0.1, 0.15) is 24.6 Å². The number of oxime groups is 1. The highest BCUT2D eigenvalue weighted by Crippen LogP contribution is 2.23. The van der Waals surface area contributed by atoms with Gasteiger partial charge in [0.2, 0.25) is 0 Å². The van der Waals surface area contributed by atoms with Crippen molar-refractivity contribution in [2.24, 2.45) is 5.16 Å². The van der Waals surface area contributed by atoms with Crippen LogP contribution < -0.4 is 5.32 Å². The first-order chi connectivity index (χ1) is 14.2. The maximum Gasteiger partial charge on any atom is 0.142 e. The molecule has 4 rings (SSSR count). The minimum absolute atomic E-state index is 0.269. The fraction of sp³-hybridized carbons (Fsp3) is 0.0870. The van der Waals surface area contributed by atoms with Gasteiger partial charge in [-0.25, -0.2) is 14.4 Å². The Morgan fingerprint density at radius 1 is 1.00 bits per heavy atom. The summed E-state index contributed by atoms with van der Waals surface area (Å²) in [7, 11) is 0. The van der Waals surface area contributed by atoms with E-state index in [-0.39, 0.29) is 12.4 Å². The van der Waals surface area contributed by atoms with E-state index in [9.17, 15) is 4.39 Å². The Hall–Kier alpha value is -3.80. The number of fused-ring (bicyclic) bond motifs is 1. The lowest BCUT2D eigenvalue weighted by Gasteiger charge is -2.10. The molecule has 0 amide bonds. The molecule has 6 heteroatoms. The number of nitrogens with zero attached hydrogens (tertiary/aromatic N) is 3. The molecule has 1 aromatic heterocycles. The molecule has 144 valence electrons. The Bertz CT molecular complexity index is 1150. The first kappa shape index (κ1) is 18.6. The fourth-order valence-corrected chi connectivity index (χ4v) is 2.90. The largest absolute Gasteiger partial charge is 0.391 e. The van der Waals surface area contributed by atoms with Crippen LogP contribution in [0.15, 0.2) is 84.3 Å². The summed E-state index contributed by atoms with van der Waals surface area (Å²) in [4.78, 5) is 14.1. The van der Waals surface area contributed by atoms with Crippen LogP contribution in [-0.2, 0) is 11.4 Å². The van der Waals surface area contributed by atoms with Crippen LogP contribution in [0, 0.1) is 5.82 Å². The van der Waals surface area contributed by atoms with Crippen molar-refractivity contribution in [3.63, 3.8) is 0 Å². The summed E-state index contributed by atoms with van der Waals surface area (Å²) >= 11 is 0. The molecule has 0 fully saturated rings. The fourth-order valence-electron chi connectivity index (χ4n) is 2.90. The quantitative estimate of drug-likeness (QED) is 0.353. The van der Waals surface area contributed by atoms with E-state index in [0.717, 1.165) is 39.2 Å². The summed E-state index contributed by atoms with van der Waals surface area (Å²) in [6, 6.07) is 21.9. The maximum absolute atomic E-state index is 13.0. The van der Waals surface area contributed by atoms with Crippen LogP contribution in [-0.4, -0.2) is 15.7 Å². The molecule has 0 atom stereocenters. The Morgan fingerprint density at radius 2 is 1.83 bits per heavy atom. The maximum atomic E-state index is 13.0. The third kappa shape index (κ3) is 4.55. The summed E-state index contributed by atoms with van der Waals surface area (Å²) in [5.41, 5.74) is 4.29. The smallest absolute Gasteiger partial charge is 0.142 e. The summed E-state index contributed by atoms with van der Waals surface area (Å²) in [5.74, 6) is 0.476. The Morgan fingerprint density at radius 3 is 2.69 bits per heavy atom. The first-order valence-electron chi connectivity index (χ1n) is 9.17. The van der Waals surface area contributed by atoms with Crippen molar-refractivity contribution in [1.82, 2.24) is 9.97 Å². The highest BCUT2D eigenvalue weighted by Gasteiger charge is 2.05. The standard InChI is InChI=1S/C23H19FN4O/c1-16(28-29-14-17-9-11-19(24)12-10-17)18-5-4-6-20(13-18)27-23-21-7-2-3-8-22(21)25-15-26-23/h2-13,15H,14H2,1H3,(H,25,26,27). The average molecular weight is 386 g/mol. The third-order valence-electron chi connectivity index (χ3n) is 4.43. The van der Waals surface area contributed by atoms with Crippen LogP contribution in [0.2, 0.25) is 0 Å². The van der Waals surface area contributed by atoms with Gasteiger partial charge in [-0.3, -0.25) is 0 Å². The summed E-state index contributed by atoms with van der Waals surface area (Å²) in [6.45, 7) is 2.16. The van der Waals surface area contributed by atoms with Gasteiger partial charge in [0.05, 0.1) is 11.2 Å². The molecule has 0 spiro atoms. The molecule has 0 bridgehead atoms. The Kier molecular flexibility index (Phi) is 5.42. The molecule has 0 saturated carbocycles. The number of rotatable bonds is 6. The van der Waals surface area contributed by atoms with E-state index in [4.69, 9.17) is 4.84 Å². The molecule has 5 nitrogen and oxygen atoms in total. The molecule has 0 radical (unpaired) electrons. The van der Waals surface area contributed by atoms with Crippen molar-refractivity contribution < 1.29 is 9.23 Å². The second kappa shape index (κ2) is 8.48. The monoisotopic (exact) mass is 386 g/mol. The summed E-state index contributed by atoms with van der Waals surface area (Å²) < 4.78 is 13.0. The molecule has 0 aliphatic rings. The van der Waals surface area contributed by atoms with Crippen LogP contribution in [0.3, 0.4) is 0 Å². The van der Waals surface area contributed by atoms with E-state index in [1.807, 2.05) is 55.5 Å². The minimum atomic E-state index is -0.269. The normalized spacial score (nSPS) is 11.4. The molecule has 3 aromatic carbocycles. The molecule has 0 unspecified atom stereocenters. The predicted octanol–water partition coefficient (Wildman–Crippen LogP) is 5.45. The molecule has 0 aliphatic carbocycles. The van der Waals surface area contributed by atoms with E-state index in [2.05, 4.69) is 20.4 Å². The molecule has 29 heavy (non-hydrogen) atoms. The third-order valence-corrected chi connectivity index (χ3v) is 4.43. The van der Waals surface area contributed by atoms with Crippen molar-refractivity contribution in [3.05, 3.63) is 96.1 Å². The van der Waals surface area contributed by atoms with Crippen LogP contribution in [0.5, 0.6) is 0 Å².